The molecule has 0 atom stereocenters. The summed E-state index contributed by atoms with van der Waals surface area (Å²) in [4.78, 5) is 21.9. The number of non-ortho nitro benzene ring substituents is 1. The van der Waals surface area contributed by atoms with Gasteiger partial charge in [0.1, 0.15) is 5.02 Å². The molecule has 0 radical (unpaired) electrons. The van der Waals surface area contributed by atoms with Crippen LogP contribution in [0.25, 0.3) is 5.69 Å². The van der Waals surface area contributed by atoms with Gasteiger partial charge in [-0.3, -0.25) is 14.9 Å². The monoisotopic (exact) mass is 285 g/mol. The number of halogens is 2. The lowest BCUT2D eigenvalue weighted by atomic mass is 10.3. The molecule has 0 bridgehead atoms. The molecule has 8 heteroatoms. The fraction of sp³-hybridized carbons (Fsp3) is 0. The maximum atomic E-state index is 11.8. The first-order valence-electron chi connectivity index (χ1n) is 4.69. The average Bonchev–Trinajstić information content (AvgIpc) is 2.36. The van der Waals surface area contributed by atoms with E-state index in [0.29, 0.717) is 0 Å². The van der Waals surface area contributed by atoms with Gasteiger partial charge in [0.2, 0.25) is 0 Å². The zero-order valence-corrected chi connectivity index (χ0v) is 10.2. The minimum absolute atomic E-state index is 0.0309. The molecule has 0 N–H and O–H groups in total. The zero-order chi connectivity index (χ0) is 13.3. The van der Waals surface area contributed by atoms with E-state index in [1.165, 1.54) is 30.5 Å². The summed E-state index contributed by atoms with van der Waals surface area (Å²) in [6.07, 6.45) is 1.20. The maximum Gasteiger partial charge on any atom is 0.291 e. The predicted molar refractivity (Wildman–Crippen MR) is 66.5 cm³/mol. The Morgan fingerprint density at radius 3 is 2.72 bits per heavy atom. The zero-order valence-electron chi connectivity index (χ0n) is 8.71. The Bertz CT molecular complexity index is 684. The molecule has 1 heterocycles. The first-order chi connectivity index (χ1) is 8.50. The molecular weight excluding hydrogens is 281 g/mol. The number of aromatic nitrogens is 2. The molecule has 1 aromatic heterocycles. The minimum Gasteiger partial charge on any atom is -0.266 e. The van der Waals surface area contributed by atoms with E-state index in [2.05, 4.69) is 5.10 Å². The quantitative estimate of drug-likeness (QED) is 0.627. The van der Waals surface area contributed by atoms with Crippen molar-refractivity contribution in [3.05, 3.63) is 61.0 Å². The van der Waals surface area contributed by atoms with Gasteiger partial charge in [-0.1, -0.05) is 29.3 Å². The minimum atomic E-state index is -0.635. The SMILES string of the molecule is O=c1c(Cl)c(Cl)cnn1-c1cccc([N+](=O)[O-])c1. The molecule has 1 aromatic carbocycles. The first-order valence-corrected chi connectivity index (χ1v) is 5.44. The molecule has 0 aliphatic carbocycles. The van der Waals surface area contributed by atoms with Gasteiger partial charge in [-0.05, 0) is 6.07 Å². The molecule has 92 valence electrons. The lowest BCUT2D eigenvalue weighted by molar-refractivity contribution is -0.384. The van der Waals surface area contributed by atoms with Crippen LogP contribution >= 0.6 is 23.2 Å². The van der Waals surface area contributed by atoms with Gasteiger partial charge in [0.05, 0.1) is 21.8 Å². The van der Waals surface area contributed by atoms with Crippen LogP contribution in [-0.4, -0.2) is 14.7 Å². The molecule has 2 rings (SSSR count). The second kappa shape index (κ2) is 4.75. The summed E-state index contributed by atoms with van der Waals surface area (Å²) in [6, 6.07) is 5.49. The maximum absolute atomic E-state index is 11.8. The summed E-state index contributed by atoms with van der Waals surface area (Å²) in [5.41, 5.74) is -0.537. The Kier molecular flexibility index (Phi) is 3.31. The second-order valence-corrected chi connectivity index (χ2v) is 4.09. The molecule has 18 heavy (non-hydrogen) atoms. The number of hydrogen-bond donors (Lipinski definition) is 0. The van der Waals surface area contributed by atoms with Gasteiger partial charge in [0.15, 0.2) is 0 Å². The van der Waals surface area contributed by atoms with Crippen LogP contribution < -0.4 is 5.56 Å². The average molecular weight is 286 g/mol. The predicted octanol–water partition coefficient (Wildman–Crippen LogP) is 2.45. The normalized spacial score (nSPS) is 10.3. The Labute approximate surface area is 111 Å². The van der Waals surface area contributed by atoms with Crippen LogP contribution in [0.15, 0.2) is 35.3 Å². The van der Waals surface area contributed by atoms with Gasteiger partial charge in [-0.15, -0.1) is 0 Å². The van der Waals surface area contributed by atoms with Crippen molar-refractivity contribution >= 4 is 28.9 Å². The van der Waals surface area contributed by atoms with E-state index in [9.17, 15) is 14.9 Å². The molecule has 0 amide bonds. The molecule has 0 aliphatic rings. The first kappa shape index (κ1) is 12.5. The van der Waals surface area contributed by atoms with Gasteiger partial charge >= 0.3 is 0 Å². The highest BCUT2D eigenvalue weighted by molar-refractivity contribution is 6.41. The van der Waals surface area contributed by atoms with Crippen molar-refractivity contribution in [1.82, 2.24) is 9.78 Å². The van der Waals surface area contributed by atoms with Gasteiger partial charge in [-0.2, -0.15) is 9.78 Å². The number of nitro benzene ring substituents is 1. The van der Waals surface area contributed by atoms with Crippen LogP contribution in [0.3, 0.4) is 0 Å². The highest BCUT2D eigenvalue weighted by Crippen LogP contribution is 2.18. The number of hydrogen-bond acceptors (Lipinski definition) is 4. The van der Waals surface area contributed by atoms with Crippen LogP contribution in [0.1, 0.15) is 0 Å². The van der Waals surface area contributed by atoms with Crippen LogP contribution in [0.2, 0.25) is 10.0 Å². The van der Waals surface area contributed by atoms with Crippen molar-refractivity contribution in [2.45, 2.75) is 0 Å². The number of nitro groups is 1. The van der Waals surface area contributed by atoms with E-state index in [1.807, 2.05) is 0 Å². The number of nitrogens with zero attached hydrogens (tertiary/aromatic N) is 3. The third-order valence-corrected chi connectivity index (χ3v) is 2.91. The van der Waals surface area contributed by atoms with E-state index < -0.39 is 10.5 Å². The lowest BCUT2D eigenvalue weighted by Gasteiger charge is -2.04. The van der Waals surface area contributed by atoms with Gasteiger partial charge in [-0.25, -0.2) is 0 Å². The smallest absolute Gasteiger partial charge is 0.266 e. The van der Waals surface area contributed by atoms with E-state index >= 15 is 0 Å². The van der Waals surface area contributed by atoms with Crippen LogP contribution in [0.4, 0.5) is 5.69 Å². The largest absolute Gasteiger partial charge is 0.291 e. The van der Waals surface area contributed by atoms with Gasteiger partial charge in [0, 0.05) is 12.1 Å². The van der Waals surface area contributed by atoms with Crippen LogP contribution in [-0.2, 0) is 0 Å². The molecule has 0 fully saturated rings. The van der Waals surface area contributed by atoms with E-state index in [1.54, 1.807) is 0 Å². The van der Waals surface area contributed by atoms with Crippen LogP contribution in [0.5, 0.6) is 0 Å². The number of rotatable bonds is 2. The molecule has 0 spiro atoms. The second-order valence-electron chi connectivity index (χ2n) is 3.30. The Morgan fingerprint density at radius 2 is 2.06 bits per heavy atom. The fourth-order valence-corrected chi connectivity index (χ4v) is 1.59. The Balaban J connectivity index is 2.63. The molecule has 0 saturated heterocycles. The summed E-state index contributed by atoms with van der Waals surface area (Å²) in [7, 11) is 0. The van der Waals surface area contributed by atoms with Crippen LogP contribution in [0, 0.1) is 10.1 Å². The summed E-state index contributed by atoms with van der Waals surface area (Å²) in [6.45, 7) is 0. The molecule has 0 unspecified atom stereocenters. The fourth-order valence-electron chi connectivity index (χ4n) is 1.33. The van der Waals surface area contributed by atoms with Crippen molar-refractivity contribution < 1.29 is 4.92 Å². The van der Waals surface area contributed by atoms with E-state index in [-0.39, 0.29) is 21.4 Å². The van der Waals surface area contributed by atoms with E-state index in [0.717, 1.165) is 4.68 Å². The summed E-state index contributed by atoms with van der Waals surface area (Å²) < 4.78 is 0.946. The molecular formula is C10H5Cl2N3O3. The highest BCUT2D eigenvalue weighted by Gasteiger charge is 2.12. The third-order valence-electron chi connectivity index (χ3n) is 2.16. The molecule has 0 aliphatic heterocycles. The Hall–Kier alpha value is -1.92. The summed E-state index contributed by atoms with van der Waals surface area (Å²) in [5, 5.41) is 14.3. The molecule has 0 saturated carbocycles. The summed E-state index contributed by atoms with van der Waals surface area (Å²) in [5.74, 6) is 0. The van der Waals surface area contributed by atoms with Crippen molar-refractivity contribution in [3.63, 3.8) is 0 Å². The topological polar surface area (TPSA) is 78.0 Å². The molecule has 2 aromatic rings. The van der Waals surface area contributed by atoms with Gasteiger partial charge < -0.3 is 0 Å². The van der Waals surface area contributed by atoms with E-state index in [4.69, 9.17) is 23.2 Å². The van der Waals surface area contributed by atoms with Crippen molar-refractivity contribution in [2.24, 2.45) is 0 Å². The standard InChI is InChI=1S/C10H5Cl2N3O3/c11-8-5-13-14(10(16)9(8)12)6-2-1-3-7(4-6)15(17)18/h1-5H. The lowest BCUT2D eigenvalue weighted by Crippen LogP contribution is -2.21. The third kappa shape index (κ3) is 2.20. The van der Waals surface area contributed by atoms with Crippen molar-refractivity contribution in [3.8, 4) is 5.69 Å². The molecule has 6 nitrogen and oxygen atoms in total. The summed E-state index contributed by atoms with van der Waals surface area (Å²) >= 11 is 11.3. The number of benzene rings is 1. The van der Waals surface area contributed by atoms with Crippen molar-refractivity contribution in [2.75, 3.05) is 0 Å². The highest BCUT2D eigenvalue weighted by atomic mass is 35.5. The van der Waals surface area contributed by atoms with Crippen molar-refractivity contribution in [1.29, 1.82) is 0 Å². The Morgan fingerprint density at radius 1 is 1.33 bits per heavy atom. The van der Waals surface area contributed by atoms with Gasteiger partial charge in [0.25, 0.3) is 11.2 Å².